The summed E-state index contributed by atoms with van der Waals surface area (Å²) in [6.07, 6.45) is 1.49. The Morgan fingerprint density at radius 3 is 2.45 bits per heavy atom. The van der Waals surface area contributed by atoms with Gasteiger partial charge in [0.1, 0.15) is 22.6 Å². The third-order valence-electron chi connectivity index (χ3n) is 4.97. The fourth-order valence-corrected chi connectivity index (χ4v) is 4.77. The van der Waals surface area contributed by atoms with Crippen molar-refractivity contribution in [2.75, 3.05) is 5.32 Å². The molecule has 2 N–H and O–H groups in total. The van der Waals surface area contributed by atoms with Crippen molar-refractivity contribution in [2.45, 2.75) is 17.4 Å². The van der Waals surface area contributed by atoms with Gasteiger partial charge in [-0.1, -0.05) is 48.5 Å². The minimum atomic E-state index is -4.19. The van der Waals surface area contributed by atoms with Crippen molar-refractivity contribution in [3.8, 4) is 0 Å². The van der Waals surface area contributed by atoms with Gasteiger partial charge in [-0.2, -0.15) is 4.72 Å². The summed E-state index contributed by atoms with van der Waals surface area (Å²) in [6.45, 7) is 0. The summed E-state index contributed by atoms with van der Waals surface area (Å²) in [4.78, 5) is 17.1. The first-order chi connectivity index (χ1) is 15.8. The highest BCUT2D eigenvalue weighted by Gasteiger charge is 2.28. The van der Waals surface area contributed by atoms with Gasteiger partial charge in [0.2, 0.25) is 15.9 Å². The standard InChI is InChI=1S/C24H19F2N3O3S/c25-18-11-12-20(19(26)15-18)28-24(30)21(14-16-6-2-1-3-7-16)29-33(31,32)22-10-4-8-17-9-5-13-27-23(17)22/h1-13,15,21,29H,14H2,(H,28,30). The van der Waals surface area contributed by atoms with E-state index in [1.54, 1.807) is 54.6 Å². The number of halogens is 2. The number of amides is 1. The fraction of sp³-hybridized carbons (Fsp3) is 0.0833. The van der Waals surface area contributed by atoms with E-state index in [0.717, 1.165) is 12.1 Å². The summed E-state index contributed by atoms with van der Waals surface area (Å²) >= 11 is 0. The monoisotopic (exact) mass is 467 g/mol. The van der Waals surface area contributed by atoms with Crippen LogP contribution in [0.3, 0.4) is 0 Å². The van der Waals surface area contributed by atoms with Crippen molar-refractivity contribution in [3.05, 3.63) is 102 Å². The van der Waals surface area contributed by atoms with Crippen LogP contribution in [0.25, 0.3) is 10.9 Å². The third kappa shape index (κ3) is 5.21. The van der Waals surface area contributed by atoms with Gasteiger partial charge in [0.15, 0.2) is 0 Å². The second-order valence-corrected chi connectivity index (χ2v) is 8.99. The van der Waals surface area contributed by atoms with Crippen LogP contribution in [-0.4, -0.2) is 25.4 Å². The number of para-hydroxylation sites is 1. The van der Waals surface area contributed by atoms with Gasteiger partial charge >= 0.3 is 0 Å². The summed E-state index contributed by atoms with van der Waals surface area (Å²) in [5.41, 5.74) is 0.692. The Bertz CT molecular complexity index is 1410. The van der Waals surface area contributed by atoms with Crippen LogP contribution in [0.1, 0.15) is 5.56 Å². The Morgan fingerprint density at radius 1 is 0.939 bits per heavy atom. The number of carbonyl (C=O) groups is 1. The van der Waals surface area contributed by atoms with Crippen LogP contribution in [0, 0.1) is 11.6 Å². The van der Waals surface area contributed by atoms with Gasteiger partial charge in [-0.25, -0.2) is 17.2 Å². The molecule has 9 heteroatoms. The van der Waals surface area contributed by atoms with Crippen molar-refractivity contribution >= 4 is 32.5 Å². The Hall–Kier alpha value is -3.69. The van der Waals surface area contributed by atoms with E-state index in [-0.39, 0.29) is 22.5 Å². The lowest BCUT2D eigenvalue weighted by atomic mass is 10.1. The fourth-order valence-electron chi connectivity index (χ4n) is 3.39. The van der Waals surface area contributed by atoms with Gasteiger partial charge in [-0.15, -0.1) is 0 Å². The molecule has 0 saturated carbocycles. The first kappa shape index (κ1) is 22.5. The van der Waals surface area contributed by atoms with Gasteiger partial charge in [0.05, 0.1) is 11.2 Å². The Balaban J connectivity index is 1.67. The predicted octanol–water partition coefficient (Wildman–Crippen LogP) is 4.04. The molecule has 4 aromatic rings. The van der Waals surface area contributed by atoms with Crippen molar-refractivity contribution in [3.63, 3.8) is 0 Å². The van der Waals surface area contributed by atoms with E-state index in [2.05, 4.69) is 15.0 Å². The normalized spacial score (nSPS) is 12.4. The molecular weight excluding hydrogens is 448 g/mol. The molecule has 1 amide bonds. The molecule has 1 aromatic heterocycles. The van der Waals surface area contributed by atoms with Crippen LogP contribution in [-0.2, 0) is 21.2 Å². The Labute approximate surface area is 189 Å². The van der Waals surface area contributed by atoms with Crippen LogP contribution >= 0.6 is 0 Å². The topological polar surface area (TPSA) is 88.2 Å². The maximum absolute atomic E-state index is 14.1. The number of anilines is 1. The molecule has 0 bridgehead atoms. The lowest BCUT2D eigenvalue weighted by molar-refractivity contribution is -0.117. The molecule has 33 heavy (non-hydrogen) atoms. The molecule has 6 nitrogen and oxygen atoms in total. The SMILES string of the molecule is O=C(Nc1ccc(F)cc1F)C(Cc1ccccc1)NS(=O)(=O)c1cccc2cccnc12. The minimum absolute atomic E-state index is 0.00686. The first-order valence-corrected chi connectivity index (χ1v) is 11.5. The largest absolute Gasteiger partial charge is 0.322 e. The Morgan fingerprint density at radius 2 is 1.70 bits per heavy atom. The highest BCUT2D eigenvalue weighted by molar-refractivity contribution is 7.89. The molecule has 0 radical (unpaired) electrons. The molecule has 1 atom stereocenters. The van der Waals surface area contributed by atoms with E-state index >= 15 is 0 Å². The predicted molar refractivity (Wildman–Crippen MR) is 121 cm³/mol. The zero-order chi connectivity index (χ0) is 23.4. The van der Waals surface area contributed by atoms with E-state index in [1.165, 1.54) is 12.3 Å². The number of rotatable bonds is 7. The molecule has 1 heterocycles. The number of nitrogens with zero attached hydrogens (tertiary/aromatic N) is 1. The van der Waals surface area contributed by atoms with Crippen LogP contribution in [0.2, 0.25) is 0 Å². The number of benzene rings is 3. The van der Waals surface area contributed by atoms with E-state index < -0.39 is 33.6 Å². The summed E-state index contributed by atoms with van der Waals surface area (Å²) in [5, 5.41) is 2.97. The highest BCUT2D eigenvalue weighted by atomic mass is 32.2. The molecule has 0 spiro atoms. The second-order valence-electron chi connectivity index (χ2n) is 7.31. The zero-order valence-corrected chi connectivity index (χ0v) is 18.0. The number of pyridine rings is 1. The lowest BCUT2D eigenvalue weighted by Gasteiger charge is -2.19. The first-order valence-electron chi connectivity index (χ1n) is 9.99. The maximum atomic E-state index is 14.1. The smallest absolute Gasteiger partial charge is 0.243 e. The van der Waals surface area contributed by atoms with Crippen molar-refractivity contribution in [1.82, 2.24) is 9.71 Å². The average Bonchev–Trinajstić information content (AvgIpc) is 2.80. The van der Waals surface area contributed by atoms with Crippen LogP contribution in [0.15, 0.2) is 90.0 Å². The molecule has 0 aliphatic heterocycles. The van der Waals surface area contributed by atoms with Gasteiger partial charge < -0.3 is 5.32 Å². The summed E-state index contributed by atoms with van der Waals surface area (Å²) in [5.74, 6) is -2.56. The van der Waals surface area contributed by atoms with E-state index in [4.69, 9.17) is 0 Å². The molecule has 4 rings (SSSR count). The van der Waals surface area contributed by atoms with Gasteiger partial charge in [0.25, 0.3) is 0 Å². The maximum Gasteiger partial charge on any atom is 0.243 e. The van der Waals surface area contributed by atoms with Crippen molar-refractivity contribution in [2.24, 2.45) is 0 Å². The number of fused-ring (bicyclic) bond motifs is 1. The number of hydrogen-bond donors (Lipinski definition) is 2. The van der Waals surface area contributed by atoms with E-state index in [0.29, 0.717) is 17.0 Å². The van der Waals surface area contributed by atoms with Crippen LogP contribution < -0.4 is 10.0 Å². The highest BCUT2D eigenvalue weighted by Crippen LogP contribution is 2.22. The third-order valence-corrected chi connectivity index (χ3v) is 6.47. The number of sulfonamides is 1. The number of aromatic nitrogens is 1. The number of carbonyl (C=O) groups excluding carboxylic acids is 1. The average molecular weight is 467 g/mol. The zero-order valence-electron chi connectivity index (χ0n) is 17.2. The Kier molecular flexibility index (Phi) is 6.43. The van der Waals surface area contributed by atoms with Crippen LogP contribution in [0.5, 0.6) is 0 Å². The van der Waals surface area contributed by atoms with Crippen molar-refractivity contribution in [1.29, 1.82) is 0 Å². The lowest BCUT2D eigenvalue weighted by Crippen LogP contribution is -2.45. The quantitative estimate of drug-likeness (QED) is 0.429. The van der Waals surface area contributed by atoms with E-state index in [1.807, 2.05) is 0 Å². The minimum Gasteiger partial charge on any atom is -0.322 e. The van der Waals surface area contributed by atoms with Gasteiger partial charge in [-0.05, 0) is 36.2 Å². The second kappa shape index (κ2) is 9.43. The molecule has 3 aromatic carbocycles. The molecule has 0 aliphatic rings. The molecule has 1 unspecified atom stereocenters. The molecular formula is C24H19F2N3O3S. The molecule has 0 fully saturated rings. The summed E-state index contributed by atoms with van der Waals surface area (Å²) in [7, 11) is -4.19. The van der Waals surface area contributed by atoms with Gasteiger partial charge in [0, 0.05) is 17.6 Å². The summed E-state index contributed by atoms with van der Waals surface area (Å²) in [6, 6.07) is 18.3. The molecule has 0 aliphatic carbocycles. The number of hydrogen-bond acceptors (Lipinski definition) is 4. The van der Waals surface area contributed by atoms with E-state index in [9.17, 15) is 22.0 Å². The van der Waals surface area contributed by atoms with Gasteiger partial charge in [-0.3, -0.25) is 9.78 Å². The summed E-state index contributed by atoms with van der Waals surface area (Å²) < 4.78 is 56.2. The number of nitrogens with one attached hydrogen (secondary N) is 2. The van der Waals surface area contributed by atoms with Crippen LogP contribution in [0.4, 0.5) is 14.5 Å². The molecule has 0 saturated heterocycles. The molecule has 168 valence electrons. The van der Waals surface area contributed by atoms with Crippen molar-refractivity contribution < 1.29 is 22.0 Å².